The van der Waals surface area contributed by atoms with Gasteiger partial charge in [-0.1, -0.05) is 12.8 Å². The zero-order valence-electron chi connectivity index (χ0n) is 11.5. The average Bonchev–Trinajstić information content (AvgIpc) is 3.26. The molecule has 0 spiro atoms. The van der Waals surface area contributed by atoms with Crippen LogP contribution < -0.4 is 11.1 Å². The lowest BCUT2D eigenvalue weighted by Gasteiger charge is -2.09. The number of carboxylic acids is 1. The number of aromatic carboxylic acids is 1. The largest absolute Gasteiger partial charge is 0.478 e. The molecule has 1 saturated carbocycles. The number of carboxylic acid groups (broad SMARTS) is 1. The summed E-state index contributed by atoms with van der Waals surface area (Å²) in [6.45, 7) is 0.488. The third kappa shape index (κ3) is 2.74. The van der Waals surface area contributed by atoms with Crippen molar-refractivity contribution in [1.82, 2.24) is 9.55 Å². The highest BCUT2D eigenvalue weighted by atomic mass is 16.4. The van der Waals surface area contributed by atoms with Crippen LogP contribution in [-0.4, -0.2) is 20.6 Å². The smallest absolute Gasteiger partial charge is 0.335 e. The maximum absolute atomic E-state index is 12.0. The summed E-state index contributed by atoms with van der Waals surface area (Å²) in [5.74, 6) is -0.295. The number of carbonyl (C=O) groups is 1. The number of H-pyrrole nitrogens is 1. The van der Waals surface area contributed by atoms with Crippen molar-refractivity contribution in [2.75, 3.05) is 0 Å². The van der Waals surface area contributed by atoms with Crippen LogP contribution in [0.1, 0.15) is 36.0 Å². The van der Waals surface area contributed by atoms with Crippen LogP contribution >= 0.6 is 0 Å². The minimum atomic E-state index is -1.07. The number of fused-ring (bicyclic) bond motifs is 1. The van der Waals surface area contributed by atoms with Gasteiger partial charge in [-0.2, -0.15) is 0 Å². The predicted octanol–water partition coefficient (Wildman–Crippen LogP) is 1.58. The topological polar surface area (TPSA) is 92.2 Å². The summed E-state index contributed by atoms with van der Waals surface area (Å²) in [5, 5.41) is 8.99. The molecule has 1 heterocycles. The lowest BCUT2D eigenvalue weighted by atomic mass is 10.2. The van der Waals surface area contributed by atoms with Gasteiger partial charge in [0, 0.05) is 6.54 Å². The molecule has 0 unspecified atom stereocenters. The van der Waals surface area contributed by atoms with Crippen LogP contribution in [0.3, 0.4) is 0 Å². The molecule has 2 N–H and O–H groups in total. The van der Waals surface area contributed by atoms with Crippen molar-refractivity contribution >= 4 is 17.0 Å². The summed E-state index contributed by atoms with van der Waals surface area (Å²) in [6.07, 6.45) is 4.43. The standard InChI is InChI=1S/C15H16N2O4/c18-13-14(19)17(7-1-2-9-3-4-9)12-6-5-10(15(20)21)8-11(12)16-13/h5-6,8-9H,1-4,7H2,(H,16,18)(H,20,21). The molecule has 6 heteroatoms. The molecule has 1 aliphatic carbocycles. The Kier molecular flexibility index (Phi) is 3.37. The van der Waals surface area contributed by atoms with Gasteiger partial charge in [0.25, 0.3) is 0 Å². The Morgan fingerprint density at radius 3 is 2.76 bits per heavy atom. The maximum Gasteiger partial charge on any atom is 0.335 e. The fourth-order valence-corrected chi connectivity index (χ4v) is 2.58. The van der Waals surface area contributed by atoms with Crippen LogP contribution in [0.15, 0.2) is 27.8 Å². The Morgan fingerprint density at radius 2 is 2.10 bits per heavy atom. The molecule has 1 fully saturated rings. The van der Waals surface area contributed by atoms with Gasteiger partial charge in [0.1, 0.15) is 0 Å². The molecule has 21 heavy (non-hydrogen) atoms. The van der Waals surface area contributed by atoms with E-state index in [-0.39, 0.29) is 5.56 Å². The molecule has 3 rings (SSSR count). The van der Waals surface area contributed by atoms with Gasteiger partial charge in [-0.05, 0) is 37.0 Å². The maximum atomic E-state index is 12.0. The van der Waals surface area contributed by atoms with Gasteiger partial charge in [0.2, 0.25) is 0 Å². The van der Waals surface area contributed by atoms with Crippen LogP contribution in [0.4, 0.5) is 0 Å². The summed E-state index contributed by atoms with van der Waals surface area (Å²) < 4.78 is 1.45. The number of benzene rings is 1. The number of aromatic amines is 1. The molecular formula is C15H16N2O4. The van der Waals surface area contributed by atoms with Gasteiger partial charge in [-0.25, -0.2) is 4.79 Å². The summed E-state index contributed by atoms with van der Waals surface area (Å²) in [4.78, 5) is 37.1. The summed E-state index contributed by atoms with van der Waals surface area (Å²) >= 11 is 0. The number of hydrogen-bond acceptors (Lipinski definition) is 3. The van der Waals surface area contributed by atoms with Gasteiger partial charge in [0.05, 0.1) is 16.6 Å². The molecular weight excluding hydrogens is 272 g/mol. The molecule has 0 atom stereocenters. The number of aromatic nitrogens is 2. The van der Waals surface area contributed by atoms with E-state index in [0.717, 1.165) is 18.8 Å². The predicted molar refractivity (Wildman–Crippen MR) is 77.7 cm³/mol. The summed E-state index contributed by atoms with van der Waals surface area (Å²) in [6, 6.07) is 4.41. The van der Waals surface area contributed by atoms with Crippen molar-refractivity contribution < 1.29 is 9.90 Å². The number of nitrogens with one attached hydrogen (secondary N) is 1. The third-order valence-electron chi connectivity index (χ3n) is 3.91. The van der Waals surface area contributed by atoms with E-state index in [4.69, 9.17) is 5.11 Å². The first kappa shape index (κ1) is 13.6. The fourth-order valence-electron chi connectivity index (χ4n) is 2.58. The summed E-state index contributed by atoms with van der Waals surface area (Å²) in [7, 11) is 0. The van der Waals surface area contributed by atoms with Crippen molar-refractivity contribution in [3.8, 4) is 0 Å². The molecule has 0 bridgehead atoms. The average molecular weight is 288 g/mol. The first-order valence-corrected chi connectivity index (χ1v) is 7.06. The van der Waals surface area contributed by atoms with Crippen molar-refractivity contribution in [2.24, 2.45) is 5.92 Å². The zero-order valence-corrected chi connectivity index (χ0v) is 11.5. The zero-order chi connectivity index (χ0) is 15.0. The van der Waals surface area contributed by atoms with E-state index in [1.165, 1.54) is 29.5 Å². The Bertz CT molecular complexity index is 815. The highest BCUT2D eigenvalue weighted by Crippen LogP contribution is 2.33. The van der Waals surface area contributed by atoms with Crippen molar-refractivity contribution in [3.05, 3.63) is 44.5 Å². The number of nitrogens with zero attached hydrogens (tertiary/aromatic N) is 1. The molecule has 2 aromatic rings. The van der Waals surface area contributed by atoms with Gasteiger partial charge in [-0.3, -0.25) is 9.59 Å². The van der Waals surface area contributed by atoms with Gasteiger partial charge >= 0.3 is 17.1 Å². The Hall–Kier alpha value is -2.37. The SMILES string of the molecule is O=C(O)c1ccc2c(c1)[nH]c(=O)c(=O)n2CCCC1CC1. The molecule has 0 saturated heterocycles. The molecule has 0 amide bonds. The van der Waals surface area contributed by atoms with Crippen LogP contribution in [0.5, 0.6) is 0 Å². The fraction of sp³-hybridized carbons (Fsp3) is 0.400. The second-order valence-electron chi connectivity index (χ2n) is 5.53. The monoisotopic (exact) mass is 288 g/mol. The Balaban J connectivity index is 2.03. The normalized spacial score (nSPS) is 14.5. The molecule has 0 radical (unpaired) electrons. The van der Waals surface area contributed by atoms with Crippen LogP contribution in [0, 0.1) is 5.92 Å². The molecule has 1 aromatic carbocycles. The Labute approximate surface area is 120 Å². The van der Waals surface area contributed by atoms with E-state index < -0.39 is 17.1 Å². The molecule has 1 aliphatic rings. The first-order chi connectivity index (χ1) is 10.1. The van der Waals surface area contributed by atoms with E-state index in [1.807, 2.05) is 0 Å². The van der Waals surface area contributed by atoms with E-state index >= 15 is 0 Å². The molecule has 1 aromatic heterocycles. The first-order valence-electron chi connectivity index (χ1n) is 7.06. The highest BCUT2D eigenvalue weighted by molar-refractivity contribution is 5.92. The second kappa shape index (κ2) is 5.20. The molecule has 6 nitrogen and oxygen atoms in total. The lowest BCUT2D eigenvalue weighted by Crippen LogP contribution is -2.36. The van der Waals surface area contributed by atoms with E-state index in [0.29, 0.717) is 17.6 Å². The van der Waals surface area contributed by atoms with Gasteiger partial charge < -0.3 is 14.7 Å². The molecule has 0 aliphatic heterocycles. The lowest BCUT2D eigenvalue weighted by molar-refractivity contribution is 0.0697. The second-order valence-corrected chi connectivity index (χ2v) is 5.53. The minimum absolute atomic E-state index is 0.0846. The van der Waals surface area contributed by atoms with E-state index in [2.05, 4.69) is 4.98 Å². The van der Waals surface area contributed by atoms with Gasteiger partial charge in [0.15, 0.2) is 0 Å². The Morgan fingerprint density at radius 1 is 1.33 bits per heavy atom. The van der Waals surface area contributed by atoms with E-state index in [1.54, 1.807) is 6.07 Å². The quantitative estimate of drug-likeness (QED) is 0.817. The highest BCUT2D eigenvalue weighted by Gasteiger charge is 2.20. The van der Waals surface area contributed by atoms with Crippen molar-refractivity contribution in [3.63, 3.8) is 0 Å². The van der Waals surface area contributed by atoms with Crippen LogP contribution in [0.2, 0.25) is 0 Å². The molecule has 110 valence electrons. The van der Waals surface area contributed by atoms with Crippen molar-refractivity contribution in [2.45, 2.75) is 32.2 Å². The number of rotatable bonds is 5. The number of aryl methyl sites for hydroxylation is 1. The van der Waals surface area contributed by atoms with Crippen LogP contribution in [0.25, 0.3) is 11.0 Å². The minimum Gasteiger partial charge on any atom is -0.478 e. The number of hydrogen-bond donors (Lipinski definition) is 2. The van der Waals surface area contributed by atoms with Crippen molar-refractivity contribution in [1.29, 1.82) is 0 Å². The summed E-state index contributed by atoms with van der Waals surface area (Å²) in [5.41, 5.74) is -0.259. The van der Waals surface area contributed by atoms with E-state index in [9.17, 15) is 14.4 Å². The van der Waals surface area contributed by atoms with Gasteiger partial charge in [-0.15, -0.1) is 0 Å². The van der Waals surface area contributed by atoms with Crippen LogP contribution in [-0.2, 0) is 6.54 Å². The third-order valence-corrected chi connectivity index (χ3v) is 3.91.